The van der Waals surface area contributed by atoms with Crippen LogP contribution in [0.2, 0.25) is 0 Å². The second kappa shape index (κ2) is 19.8. The van der Waals surface area contributed by atoms with Gasteiger partial charge in [0.25, 0.3) is 6.47 Å². The lowest BCUT2D eigenvalue weighted by Gasteiger charge is -2.38. The molecule has 3 saturated heterocycles. The number of aliphatic hydroxyl groups is 1. The number of pyridine rings is 2. The van der Waals surface area contributed by atoms with Crippen LogP contribution in [0.15, 0.2) is 85.3 Å². The molecular formula is C49H55N9O6. The van der Waals surface area contributed by atoms with Gasteiger partial charge in [-0.2, -0.15) is 10.4 Å². The van der Waals surface area contributed by atoms with Crippen molar-refractivity contribution in [3.63, 3.8) is 0 Å². The lowest BCUT2D eigenvalue weighted by atomic mass is 9.72. The Morgan fingerprint density at radius 2 is 1.59 bits per heavy atom. The molecule has 6 heterocycles. The number of aromatic nitrogens is 3. The number of hydrogen-bond acceptors (Lipinski definition) is 11. The van der Waals surface area contributed by atoms with Crippen molar-refractivity contribution in [3.8, 4) is 28.3 Å². The zero-order chi connectivity index (χ0) is 44.6. The number of nitrogens with one attached hydrogen (secondary N) is 2. The summed E-state index contributed by atoms with van der Waals surface area (Å²) >= 11 is 0. The molecular weight excluding hydrogens is 811 g/mol. The Balaban J connectivity index is 0.00000182. The Labute approximate surface area is 372 Å². The van der Waals surface area contributed by atoms with Gasteiger partial charge in [-0.1, -0.05) is 49.6 Å². The van der Waals surface area contributed by atoms with E-state index in [-0.39, 0.29) is 36.2 Å². The van der Waals surface area contributed by atoms with Crippen LogP contribution in [0.3, 0.4) is 0 Å². The highest BCUT2D eigenvalue weighted by molar-refractivity contribution is 6.01. The van der Waals surface area contributed by atoms with Gasteiger partial charge in [0.05, 0.1) is 30.4 Å². The van der Waals surface area contributed by atoms with E-state index < -0.39 is 6.04 Å². The molecule has 3 amide bonds. The molecule has 0 radical (unpaired) electrons. The van der Waals surface area contributed by atoms with Crippen LogP contribution in [-0.4, -0.2) is 117 Å². The second-order valence-corrected chi connectivity index (χ2v) is 17.4. The van der Waals surface area contributed by atoms with Crippen molar-refractivity contribution in [2.45, 2.75) is 75.2 Å². The van der Waals surface area contributed by atoms with E-state index in [9.17, 15) is 24.8 Å². The van der Waals surface area contributed by atoms with Gasteiger partial charge in [-0.3, -0.25) is 34.4 Å². The Hall–Kier alpha value is -6.63. The zero-order valence-electron chi connectivity index (χ0n) is 36.0. The average Bonchev–Trinajstić information content (AvgIpc) is 3.77. The molecule has 4 fully saturated rings. The third-order valence-electron chi connectivity index (χ3n) is 13.6. The summed E-state index contributed by atoms with van der Waals surface area (Å²) in [5.41, 5.74) is 8.94. The second-order valence-electron chi connectivity index (χ2n) is 17.4. The zero-order valence-corrected chi connectivity index (χ0v) is 36.0. The van der Waals surface area contributed by atoms with Crippen LogP contribution >= 0.6 is 0 Å². The molecule has 1 unspecified atom stereocenters. The van der Waals surface area contributed by atoms with Crippen molar-refractivity contribution in [2.24, 2.45) is 0 Å². The molecule has 1 aliphatic carbocycles. The minimum atomic E-state index is -0.396. The summed E-state index contributed by atoms with van der Waals surface area (Å²) in [7, 11) is 0. The predicted molar refractivity (Wildman–Crippen MR) is 243 cm³/mol. The summed E-state index contributed by atoms with van der Waals surface area (Å²) in [4.78, 5) is 56.9. The first kappa shape index (κ1) is 44.0. The number of anilines is 2. The fourth-order valence-electron chi connectivity index (χ4n) is 9.85. The largest absolute Gasteiger partial charge is 0.483 e. The molecule has 4 N–H and O–H groups in total. The first-order valence-electron chi connectivity index (χ1n) is 22.3. The number of likely N-dealkylation sites (tertiary alicyclic amines) is 1. The van der Waals surface area contributed by atoms with Crippen molar-refractivity contribution in [1.29, 1.82) is 5.26 Å². The summed E-state index contributed by atoms with van der Waals surface area (Å²) in [5.74, 6) is 0.131. The van der Waals surface area contributed by atoms with E-state index >= 15 is 0 Å². The van der Waals surface area contributed by atoms with Crippen molar-refractivity contribution < 1.29 is 29.4 Å². The van der Waals surface area contributed by atoms with Gasteiger partial charge in [-0.15, -0.1) is 0 Å². The van der Waals surface area contributed by atoms with Crippen molar-refractivity contribution >= 4 is 41.1 Å². The van der Waals surface area contributed by atoms with E-state index in [1.54, 1.807) is 10.7 Å². The molecule has 15 nitrogen and oxygen atoms in total. The number of piperidine rings is 2. The highest BCUT2D eigenvalue weighted by atomic mass is 16.3. The fraction of sp³-hybridized carbons (Fsp3) is 0.408. The number of hydrogen-bond donors (Lipinski definition) is 4. The fourth-order valence-corrected chi connectivity index (χ4v) is 9.85. The Kier molecular flexibility index (Phi) is 13.6. The molecule has 5 aromatic rings. The highest BCUT2D eigenvalue weighted by Crippen LogP contribution is 2.40. The van der Waals surface area contributed by atoms with Gasteiger partial charge in [0, 0.05) is 84.2 Å². The lowest BCUT2D eigenvalue weighted by Crippen LogP contribution is -2.51. The minimum absolute atomic E-state index is 0.0974. The first-order valence-corrected chi connectivity index (χ1v) is 22.3. The van der Waals surface area contributed by atoms with Crippen molar-refractivity contribution in [3.05, 3.63) is 102 Å². The Morgan fingerprint density at radius 1 is 0.891 bits per heavy atom. The molecule has 332 valence electrons. The predicted octanol–water partition coefficient (Wildman–Crippen LogP) is 5.58. The van der Waals surface area contributed by atoms with E-state index in [0.29, 0.717) is 44.0 Å². The normalized spacial score (nSPS) is 19.3. The number of piperazine rings is 1. The molecule has 0 bridgehead atoms. The molecule has 0 spiro atoms. The molecule has 9 rings (SSSR count). The van der Waals surface area contributed by atoms with Gasteiger partial charge in [0.2, 0.25) is 17.7 Å². The van der Waals surface area contributed by atoms with E-state index in [1.165, 1.54) is 12.0 Å². The van der Waals surface area contributed by atoms with Crippen LogP contribution in [-0.2, 0) is 24.6 Å². The SMILES string of the molecule is N#Cc1cnn2cc(-c3ccc(N4CCN(C(=O)CN5CCC(c6ccc(NC7CCC(=O)NC7=O)cc6)CC5)CC4)cc3)cc(-c3ccc(C4(CO)CCCCC4)nc3)c12.O=CO. The summed E-state index contributed by atoms with van der Waals surface area (Å²) in [6.07, 6.45) is 13.5. The lowest BCUT2D eigenvalue weighted by molar-refractivity contribution is -0.134. The molecule has 15 heteroatoms. The van der Waals surface area contributed by atoms with Crippen LogP contribution in [0.4, 0.5) is 11.4 Å². The standard InChI is InChI=1S/C48H53N9O4.CH2O2/c49-27-38-29-51-57-30-37(26-41(46(38)57)36-8-14-43(50-28-36)48(32-58)18-2-1-3-19-48)34-6-11-40(12-7-34)55-22-24-56(25-23-55)45(60)31-54-20-16-35(17-21-54)33-4-9-39(10-5-33)52-42-13-15-44(59)53-47(42)61;2-1-3/h4-12,14,26,28-30,35,42,52,58H,1-3,13,15-25,31-32H2,(H,53,59,61);1H,(H,2,3). The molecule has 4 aliphatic rings. The number of carbonyl (C=O) groups excluding carboxylic acids is 3. The maximum atomic E-state index is 13.4. The summed E-state index contributed by atoms with van der Waals surface area (Å²) in [6.45, 7) is 4.94. The first-order chi connectivity index (χ1) is 31.2. The molecule has 64 heavy (non-hydrogen) atoms. The van der Waals surface area contributed by atoms with Crippen LogP contribution in [0.1, 0.15) is 80.5 Å². The van der Waals surface area contributed by atoms with Gasteiger partial charge in [0.1, 0.15) is 12.1 Å². The van der Waals surface area contributed by atoms with E-state index in [1.807, 2.05) is 35.5 Å². The number of aliphatic hydroxyl groups excluding tert-OH is 1. The smallest absolute Gasteiger partial charge is 0.290 e. The van der Waals surface area contributed by atoms with Crippen LogP contribution in [0.25, 0.3) is 27.8 Å². The van der Waals surface area contributed by atoms with Crippen molar-refractivity contribution in [1.82, 2.24) is 29.7 Å². The third kappa shape index (κ3) is 9.63. The number of amides is 3. The van der Waals surface area contributed by atoms with Crippen LogP contribution < -0.4 is 15.5 Å². The quantitative estimate of drug-likeness (QED) is 0.101. The van der Waals surface area contributed by atoms with Gasteiger partial charge in [0.15, 0.2) is 0 Å². The van der Waals surface area contributed by atoms with Gasteiger partial charge in [-0.25, -0.2) is 4.52 Å². The van der Waals surface area contributed by atoms with Gasteiger partial charge in [-0.05, 0) is 98.6 Å². The maximum absolute atomic E-state index is 13.4. The number of imide groups is 1. The molecule has 3 aromatic heterocycles. The maximum Gasteiger partial charge on any atom is 0.290 e. The average molecular weight is 866 g/mol. The summed E-state index contributed by atoms with van der Waals surface area (Å²) in [5, 5.41) is 37.4. The van der Waals surface area contributed by atoms with Gasteiger partial charge >= 0.3 is 0 Å². The van der Waals surface area contributed by atoms with E-state index in [0.717, 1.165) is 110 Å². The number of rotatable bonds is 10. The number of carboxylic acid groups (broad SMARTS) is 1. The number of benzene rings is 2. The third-order valence-corrected chi connectivity index (χ3v) is 13.6. The number of fused-ring (bicyclic) bond motifs is 1. The summed E-state index contributed by atoms with van der Waals surface area (Å²) < 4.78 is 1.78. The minimum Gasteiger partial charge on any atom is -0.483 e. The van der Waals surface area contributed by atoms with Crippen molar-refractivity contribution in [2.75, 3.05) is 62.6 Å². The Bertz CT molecular complexity index is 2480. The van der Waals surface area contributed by atoms with E-state index in [2.05, 4.69) is 80.1 Å². The van der Waals surface area contributed by atoms with Crippen LogP contribution in [0.5, 0.6) is 0 Å². The topological polar surface area (TPSA) is 196 Å². The van der Waals surface area contributed by atoms with Gasteiger partial charge < -0.3 is 25.3 Å². The number of nitriles is 1. The Morgan fingerprint density at radius 3 is 2.23 bits per heavy atom. The molecule has 3 aliphatic heterocycles. The molecule has 1 saturated carbocycles. The van der Waals surface area contributed by atoms with Crippen LogP contribution in [0, 0.1) is 11.3 Å². The molecule has 2 aromatic carbocycles. The summed E-state index contributed by atoms with van der Waals surface area (Å²) in [6, 6.07) is 24.9. The highest BCUT2D eigenvalue weighted by Gasteiger charge is 2.35. The monoisotopic (exact) mass is 865 g/mol. The number of carbonyl (C=O) groups is 4. The molecule has 1 atom stereocenters. The number of nitrogens with zero attached hydrogens (tertiary/aromatic N) is 7. The van der Waals surface area contributed by atoms with E-state index in [4.69, 9.17) is 14.9 Å².